The quantitative estimate of drug-likeness (QED) is 0.311. The van der Waals surface area contributed by atoms with Gasteiger partial charge >= 0.3 is 45.9 Å². The SMILES string of the molecule is [Cl-].[Cl][Zn+].[Li+].[c-]1ccccc1. The van der Waals surface area contributed by atoms with Gasteiger partial charge in [0.25, 0.3) is 0 Å². The van der Waals surface area contributed by atoms with Gasteiger partial charge in [-0.15, -0.1) is 0 Å². The number of hydrogen-bond donors (Lipinski definition) is 0. The van der Waals surface area contributed by atoms with Gasteiger partial charge in [-0.2, -0.15) is 36.4 Å². The summed E-state index contributed by atoms with van der Waals surface area (Å²) in [7, 11) is 4.76. The Morgan fingerprint density at radius 3 is 1.50 bits per heavy atom. The molecule has 0 aromatic heterocycles. The molecule has 10 heavy (non-hydrogen) atoms. The fraction of sp³-hybridized carbons (Fsp3) is 0. The molecule has 0 aliphatic rings. The van der Waals surface area contributed by atoms with E-state index in [9.17, 15) is 0 Å². The molecule has 0 atom stereocenters. The molecule has 46 valence electrons. The first-order chi connectivity index (χ1) is 4.00. The minimum absolute atomic E-state index is 0. The van der Waals surface area contributed by atoms with Gasteiger partial charge in [-0.3, -0.25) is 0 Å². The molecule has 1 aromatic rings. The van der Waals surface area contributed by atoms with Crippen molar-refractivity contribution in [1.82, 2.24) is 0 Å². The molecule has 0 aliphatic heterocycles. The van der Waals surface area contributed by atoms with Crippen molar-refractivity contribution in [3.63, 3.8) is 0 Å². The summed E-state index contributed by atoms with van der Waals surface area (Å²) in [4.78, 5) is 0. The van der Waals surface area contributed by atoms with Crippen LogP contribution in [0.25, 0.3) is 0 Å². The fourth-order valence-electron chi connectivity index (χ4n) is 0.342. The van der Waals surface area contributed by atoms with Gasteiger partial charge in [-0.25, -0.2) is 0 Å². The Kier molecular flexibility index (Phi) is 28.5. The summed E-state index contributed by atoms with van der Waals surface area (Å²) in [5.74, 6) is 0. The molecule has 0 fully saturated rings. The molecule has 0 amide bonds. The zero-order valence-corrected chi connectivity index (χ0v) is 10.3. The van der Waals surface area contributed by atoms with Crippen LogP contribution in [-0.2, 0) is 17.3 Å². The number of rotatable bonds is 0. The molecule has 1 rings (SSSR count). The third-order valence-corrected chi connectivity index (χ3v) is 0.607. The summed E-state index contributed by atoms with van der Waals surface area (Å²) >= 11 is 0.847. The second-order valence-electron chi connectivity index (χ2n) is 1.08. The maximum Gasteiger partial charge on any atom is 1.00 e. The van der Waals surface area contributed by atoms with Crippen molar-refractivity contribution in [1.29, 1.82) is 0 Å². The predicted molar refractivity (Wildman–Crippen MR) is 31.1 cm³/mol. The normalized spacial score (nSPS) is 5.50. The van der Waals surface area contributed by atoms with E-state index in [0.29, 0.717) is 0 Å². The van der Waals surface area contributed by atoms with Crippen molar-refractivity contribution in [2.75, 3.05) is 0 Å². The van der Waals surface area contributed by atoms with E-state index in [-0.39, 0.29) is 31.3 Å². The van der Waals surface area contributed by atoms with Crippen molar-refractivity contribution >= 4 is 9.69 Å². The van der Waals surface area contributed by atoms with Crippen molar-refractivity contribution in [2.45, 2.75) is 0 Å². The van der Waals surface area contributed by atoms with Gasteiger partial charge in [-0.05, 0) is 0 Å². The molecule has 4 heteroatoms. The largest absolute Gasteiger partial charge is 1.00 e. The average molecular weight is 220 g/mol. The standard InChI is InChI=1S/C6H5.2ClH.Li.Zn/c1-2-4-6-5-3-1;;;;/h1-5H;2*1H;;/q-1;;;+1;+2/p-2. The van der Waals surface area contributed by atoms with Crippen LogP contribution in [0.5, 0.6) is 0 Å². The van der Waals surface area contributed by atoms with Crippen LogP contribution in [-0.4, -0.2) is 0 Å². The molecule has 1 aromatic carbocycles. The zero-order chi connectivity index (χ0) is 6.24. The molecule has 0 saturated heterocycles. The maximum absolute atomic E-state index is 4.76. The topological polar surface area (TPSA) is 0 Å². The Balaban J connectivity index is -0.000000114. The molecular formula is C6H5Cl2LiZn. The molecule has 0 saturated carbocycles. The summed E-state index contributed by atoms with van der Waals surface area (Å²) in [6.07, 6.45) is 0. The average Bonchev–Trinajstić information content (AvgIpc) is 1.96. The Hall–Kier alpha value is 1.02. The summed E-state index contributed by atoms with van der Waals surface area (Å²) in [5.41, 5.74) is 0. The zero-order valence-electron chi connectivity index (χ0n) is 5.85. The summed E-state index contributed by atoms with van der Waals surface area (Å²) < 4.78 is 0. The van der Waals surface area contributed by atoms with Gasteiger partial charge in [-0.1, -0.05) is 0 Å². The summed E-state index contributed by atoms with van der Waals surface area (Å²) in [6.45, 7) is 0. The van der Waals surface area contributed by atoms with Gasteiger partial charge < -0.3 is 12.4 Å². The Bertz CT molecular complexity index is 87.7. The molecular weight excluding hydrogens is 215 g/mol. The summed E-state index contributed by atoms with van der Waals surface area (Å²) in [6, 6.07) is 12.5. The van der Waals surface area contributed by atoms with Crippen LogP contribution in [0.1, 0.15) is 0 Å². The van der Waals surface area contributed by atoms with E-state index in [1.54, 1.807) is 0 Å². The third-order valence-electron chi connectivity index (χ3n) is 0.607. The molecule has 0 bridgehead atoms. The van der Waals surface area contributed by atoms with Crippen LogP contribution in [0.2, 0.25) is 0 Å². The van der Waals surface area contributed by atoms with E-state index in [1.807, 2.05) is 30.3 Å². The van der Waals surface area contributed by atoms with E-state index in [4.69, 9.17) is 9.69 Å². The second-order valence-corrected chi connectivity index (χ2v) is 1.08. The molecule has 0 N–H and O–H groups in total. The number of halogens is 2. The first-order valence-corrected chi connectivity index (χ1v) is 6.08. The molecule has 0 heterocycles. The van der Waals surface area contributed by atoms with Gasteiger partial charge in [0, 0.05) is 0 Å². The fourth-order valence-corrected chi connectivity index (χ4v) is 0.342. The predicted octanol–water partition coefficient (Wildman–Crippen LogP) is -3.82. The Labute approximate surface area is 94.0 Å². The Morgan fingerprint density at radius 1 is 1.00 bits per heavy atom. The van der Waals surface area contributed by atoms with E-state index in [1.165, 1.54) is 0 Å². The van der Waals surface area contributed by atoms with Crippen LogP contribution < -0.4 is 31.3 Å². The molecule has 0 aliphatic carbocycles. The monoisotopic (exact) mass is 218 g/mol. The van der Waals surface area contributed by atoms with E-state index < -0.39 is 0 Å². The van der Waals surface area contributed by atoms with Gasteiger partial charge in [0.2, 0.25) is 0 Å². The third kappa shape index (κ3) is 11.8. The van der Waals surface area contributed by atoms with E-state index >= 15 is 0 Å². The number of benzene rings is 1. The van der Waals surface area contributed by atoms with Crippen LogP contribution in [0.15, 0.2) is 30.3 Å². The van der Waals surface area contributed by atoms with Crippen LogP contribution in [0.3, 0.4) is 0 Å². The minimum Gasteiger partial charge on any atom is -0.184 e. The van der Waals surface area contributed by atoms with Gasteiger partial charge in [0.05, 0.1) is 0 Å². The van der Waals surface area contributed by atoms with Crippen LogP contribution in [0.4, 0.5) is 0 Å². The molecule has 0 radical (unpaired) electrons. The van der Waals surface area contributed by atoms with Crippen LogP contribution >= 0.6 is 9.69 Å². The number of hydrogen-bond acceptors (Lipinski definition) is 0. The Morgan fingerprint density at radius 2 is 1.40 bits per heavy atom. The minimum atomic E-state index is 0. The van der Waals surface area contributed by atoms with Crippen molar-refractivity contribution in [3.8, 4) is 0 Å². The summed E-state index contributed by atoms with van der Waals surface area (Å²) in [5, 5.41) is 0. The van der Waals surface area contributed by atoms with Crippen molar-refractivity contribution in [2.24, 2.45) is 0 Å². The van der Waals surface area contributed by atoms with Crippen molar-refractivity contribution < 1.29 is 48.6 Å². The first kappa shape index (κ1) is 17.2. The van der Waals surface area contributed by atoms with E-state index in [2.05, 4.69) is 6.07 Å². The molecule has 0 unspecified atom stereocenters. The first-order valence-electron chi connectivity index (χ1n) is 2.18. The maximum atomic E-state index is 4.76. The molecule has 0 spiro atoms. The smallest absolute Gasteiger partial charge is 0.184 e. The second kappa shape index (κ2) is 16.5. The molecule has 0 nitrogen and oxygen atoms in total. The van der Waals surface area contributed by atoms with Crippen LogP contribution in [0, 0.1) is 6.07 Å². The van der Waals surface area contributed by atoms with E-state index in [0.717, 1.165) is 17.3 Å². The van der Waals surface area contributed by atoms with Gasteiger partial charge in [0.15, 0.2) is 0 Å². The van der Waals surface area contributed by atoms with Crippen molar-refractivity contribution in [3.05, 3.63) is 36.4 Å². The van der Waals surface area contributed by atoms with Gasteiger partial charge in [0.1, 0.15) is 0 Å².